The molecule has 1 aliphatic rings. The highest BCUT2D eigenvalue weighted by atomic mass is 19.1. The van der Waals surface area contributed by atoms with E-state index < -0.39 is 11.6 Å². The Balaban J connectivity index is 1.28. The van der Waals surface area contributed by atoms with E-state index in [1.165, 1.54) is 18.2 Å². The second-order valence-electron chi connectivity index (χ2n) is 8.49. The van der Waals surface area contributed by atoms with E-state index in [0.717, 1.165) is 34.6 Å². The molecule has 5 rings (SSSR count). The monoisotopic (exact) mass is 458 g/mol. The Hall–Kier alpha value is -3.87. The summed E-state index contributed by atoms with van der Waals surface area (Å²) in [6, 6.07) is 15.7. The Kier molecular flexibility index (Phi) is 5.92. The number of anilines is 1. The summed E-state index contributed by atoms with van der Waals surface area (Å²) in [6.07, 6.45) is 4.87. The maximum absolute atomic E-state index is 14.1. The zero-order valence-electron chi connectivity index (χ0n) is 19.0. The van der Waals surface area contributed by atoms with Crippen LogP contribution in [0, 0.1) is 18.6 Å². The second-order valence-corrected chi connectivity index (χ2v) is 8.49. The van der Waals surface area contributed by atoms with Crippen LogP contribution in [0.25, 0.3) is 11.1 Å². The van der Waals surface area contributed by atoms with Gasteiger partial charge in [0.1, 0.15) is 23.2 Å². The fraction of sp³-hybridized carbons (Fsp3) is 0.222. The number of benzene rings is 2. The van der Waals surface area contributed by atoms with Crippen molar-refractivity contribution in [1.29, 1.82) is 0 Å². The third-order valence-electron chi connectivity index (χ3n) is 6.02. The summed E-state index contributed by atoms with van der Waals surface area (Å²) in [5.74, 6) is 1.22. The number of halogens is 2. The molecule has 0 spiro atoms. The van der Waals surface area contributed by atoms with Crippen molar-refractivity contribution in [3.8, 4) is 11.1 Å². The summed E-state index contributed by atoms with van der Waals surface area (Å²) in [6.45, 7) is 2.50. The molecule has 0 radical (unpaired) electrons. The molecular weight excluding hydrogens is 434 g/mol. The number of hydrogen-bond acceptors (Lipinski definition) is 5. The first-order valence-electron chi connectivity index (χ1n) is 11.2. The third kappa shape index (κ3) is 4.46. The van der Waals surface area contributed by atoms with Crippen molar-refractivity contribution in [3.63, 3.8) is 0 Å². The van der Waals surface area contributed by atoms with Crippen LogP contribution in [0.15, 0.2) is 76.4 Å². The van der Waals surface area contributed by atoms with Gasteiger partial charge < -0.3 is 9.32 Å². The van der Waals surface area contributed by atoms with E-state index in [-0.39, 0.29) is 11.6 Å². The number of furan rings is 1. The van der Waals surface area contributed by atoms with Gasteiger partial charge in [-0.25, -0.2) is 18.7 Å². The standard InChI is InChI=1S/C27H24F2N4O/c1-17-6-11-21(34-17)16-33(2)27-30-14-20(15-31-27)18-7-9-19(10-8-18)24-12-13-25(32-24)26-22(28)4-3-5-23(26)29/h3-11,14-15,24H,12-13,16H2,1-2H3. The first-order valence-corrected chi connectivity index (χ1v) is 11.2. The zero-order valence-corrected chi connectivity index (χ0v) is 19.0. The molecule has 4 aromatic rings. The summed E-state index contributed by atoms with van der Waals surface area (Å²) < 4.78 is 33.9. The van der Waals surface area contributed by atoms with E-state index in [4.69, 9.17) is 4.42 Å². The average Bonchev–Trinajstić information content (AvgIpc) is 3.48. The van der Waals surface area contributed by atoms with Gasteiger partial charge in [-0.05, 0) is 55.2 Å². The first-order chi connectivity index (χ1) is 16.5. The summed E-state index contributed by atoms with van der Waals surface area (Å²) in [7, 11) is 1.92. The molecule has 0 amide bonds. The Bertz CT molecular complexity index is 1310. The van der Waals surface area contributed by atoms with E-state index in [2.05, 4.69) is 15.0 Å². The maximum Gasteiger partial charge on any atom is 0.225 e. The molecule has 3 heterocycles. The molecule has 1 unspecified atom stereocenters. The largest absolute Gasteiger partial charge is 0.464 e. The molecule has 172 valence electrons. The van der Waals surface area contributed by atoms with Gasteiger partial charge in [-0.1, -0.05) is 30.3 Å². The summed E-state index contributed by atoms with van der Waals surface area (Å²) in [5, 5.41) is 0. The quantitative estimate of drug-likeness (QED) is 0.341. The first kappa shape index (κ1) is 21.9. The van der Waals surface area contributed by atoms with Gasteiger partial charge in [0.15, 0.2) is 0 Å². The minimum atomic E-state index is -0.567. The average molecular weight is 459 g/mol. The van der Waals surface area contributed by atoms with E-state index in [1.807, 2.05) is 55.3 Å². The summed E-state index contributed by atoms with van der Waals surface area (Å²) in [5.41, 5.74) is 3.39. The van der Waals surface area contributed by atoms with E-state index in [9.17, 15) is 8.78 Å². The van der Waals surface area contributed by atoms with Crippen LogP contribution in [-0.4, -0.2) is 22.7 Å². The molecule has 0 bridgehead atoms. The Morgan fingerprint density at radius 1 is 0.941 bits per heavy atom. The van der Waals surface area contributed by atoms with E-state index >= 15 is 0 Å². The number of aromatic nitrogens is 2. The van der Waals surface area contributed by atoms with Crippen molar-refractivity contribution >= 4 is 11.7 Å². The van der Waals surface area contributed by atoms with Crippen LogP contribution in [0.4, 0.5) is 14.7 Å². The zero-order chi connectivity index (χ0) is 23.7. The minimum Gasteiger partial charge on any atom is -0.464 e. The highest BCUT2D eigenvalue weighted by Gasteiger charge is 2.24. The summed E-state index contributed by atoms with van der Waals surface area (Å²) >= 11 is 0. The lowest BCUT2D eigenvalue weighted by Crippen LogP contribution is -2.18. The van der Waals surface area contributed by atoms with Crippen LogP contribution in [-0.2, 0) is 6.54 Å². The molecule has 0 saturated carbocycles. The van der Waals surface area contributed by atoms with Crippen molar-refractivity contribution in [2.45, 2.75) is 32.4 Å². The molecule has 5 nitrogen and oxygen atoms in total. The molecule has 1 aliphatic heterocycles. The molecule has 7 heteroatoms. The molecule has 34 heavy (non-hydrogen) atoms. The van der Waals surface area contributed by atoms with Gasteiger partial charge >= 0.3 is 0 Å². The van der Waals surface area contributed by atoms with Gasteiger partial charge in [-0.15, -0.1) is 0 Å². The van der Waals surface area contributed by atoms with Gasteiger partial charge in [0, 0.05) is 30.7 Å². The van der Waals surface area contributed by atoms with Gasteiger partial charge in [0.05, 0.1) is 18.2 Å². The molecule has 2 aromatic carbocycles. The van der Waals surface area contributed by atoms with Crippen molar-refractivity contribution in [3.05, 3.63) is 101 Å². The fourth-order valence-electron chi connectivity index (χ4n) is 4.23. The molecular formula is C27H24F2N4O. The third-order valence-corrected chi connectivity index (χ3v) is 6.02. The Morgan fingerprint density at radius 2 is 1.65 bits per heavy atom. The topological polar surface area (TPSA) is 54.5 Å². The van der Waals surface area contributed by atoms with Crippen LogP contribution in [0.5, 0.6) is 0 Å². The van der Waals surface area contributed by atoms with Crippen molar-refractivity contribution < 1.29 is 13.2 Å². The van der Waals surface area contributed by atoms with Crippen molar-refractivity contribution in [1.82, 2.24) is 9.97 Å². The lowest BCUT2D eigenvalue weighted by molar-refractivity contribution is 0.480. The molecule has 2 aromatic heterocycles. The molecule has 0 N–H and O–H groups in total. The lowest BCUT2D eigenvalue weighted by atomic mass is 10.0. The predicted octanol–water partition coefficient (Wildman–Crippen LogP) is 6.28. The Morgan fingerprint density at radius 3 is 2.29 bits per heavy atom. The van der Waals surface area contributed by atoms with Crippen molar-refractivity contribution in [2.75, 3.05) is 11.9 Å². The van der Waals surface area contributed by atoms with Gasteiger partial charge in [-0.3, -0.25) is 4.99 Å². The highest BCUT2D eigenvalue weighted by molar-refractivity contribution is 6.02. The smallest absolute Gasteiger partial charge is 0.225 e. The fourth-order valence-corrected chi connectivity index (χ4v) is 4.23. The number of aryl methyl sites for hydroxylation is 1. The molecule has 0 fully saturated rings. The minimum absolute atomic E-state index is 0.00833. The molecule has 0 saturated heterocycles. The van der Waals surface area contributed by atoms with Gasteiger partial charge in [0.2, 0.25) is 5.95 Å². The normalized spacial score (nSPS) is 15.4. The number of rotatable bonds is 6. The maximum atomic E-state index is 14.1. The highest BCUT2D eigenvalue weighted by Crippen LogP contribution is 2.33. The van der Waals surface area contributed by atoms with Crippen LogP contribution >= 0.6 is 0 Å². The van der Waals surface area contributed by atoms with Crippen LogP contribution in [0.1, 0.15) is 41.5 Å². The van der Waals surface area contributed by atoms with E-state index in [1.54, 1.807) is 12.4 Å². The van der Waals surface area contributed by atoms with E-state index in [0.29, 0.717) is 24.6 Å². The number of hydrogen-bond donors (Lipinski definition) is 0. The van der Waals surface area contributed by atoms with Crippen LogP contribution < -0.4 is 4.90 Å². The van der Waals surface area contributed by atoms with Crippen LogP contribution in [0.3, 0.4) is 0 Å². The molecule has 0 aliphatic carbocycles. The predicted molar refractivity (Wildman–Crippen MR) is 128 cm³/mol. The summed E-state index contributed by atoms with van der Waals surface area (Å²) in [4.78, 5) is 15.5. The van der Waals surface area contributed by atoms with Crippen LogP contribution in [0.2, 0.25) is 0 Å². The number of nitrogens with zero attached hydrogens (tertiary/aromatic N) is 4. The second kappa shape index (κ2) is 9.17. The number of aliphatic imine (C=N–C) groups is 1. The van der Waals surface area contributed by atoms with Gasteiger partial charge in [-0.2, -0.15) is 0 Å². The van der Waals surface area contributed by atoms with Gasteiger partial charge in [0.25, 0.3) is 0 Å². The van der Waals surface area contributed by atoms with Crippen molar-refractivity contribution in [2.24, 2.45) is 4.99 Å². The lowest BCUT2D eigenvalue weighted by Gasteiger charge is -2.15. The Labute approximate surface area is 196 Å². The molecule has 1 atom stereocenters. The SMILES string of the molecule is Cc1ccc(CN(C)c2ncc(-c3ccc(C4CCC(c5c(F)cccc5F)=N4)cc3)cn2)o1.